The predicted molar refractivity (Wildman–Crippen MR) is 79.1 cm³/mol. The Morgan fingerprint density at radius 3 is 2.65 bits per heavy atom. The summed E-state index contributed by atoms with van der Waals surface area (Å²) in [5, 5.41) is 0.688. The van der Waals surface area contributed by atoms with E-state index in [4.69, 9.17) is 22.1 Å². The highest BCUT2D eigenvalue weighted by molar-refractivity contribution is 6.30. The lowest BCUT2D eigenvalue weighted by Crippen LogP contribution is -2.23. The van der Waals surface area contributed by atoms with E-state index in [-0.39, 0.29) is 11.5 Å². The molecular weight excluding hydrogens is 278 g/mol. The molecule has 2 N–H and O–H groups in total. The number of anilines is 1. The fraction of sp³-hybridized carbons (Fsp3) is 0.286. The molecule has 2 rings (SSSR count). The molecule has 0 amide bonds. The van der Waals surface area contributed by atoms with Gasteiger partial charge in [0.15, 0.2) is 0 Å². The van der Waals surface area contributed by atoms with Gasteiger partial charge in [-0.25, -0.2) is 4.79 Å². The fourth-order valence-corrected chi connectivity index (χ4v) is 1.84. The van der Waals surface area contributed by atoms with Crippen molar-refractivity contribution in [2.45, 2.75) is 19.4 Å². The van der Waals surface area contributed by atoms with Crippen LogP contribution in [0.1, 0.15) is 12.8 Å². The summed E-state index contributed by atoms with van der Waals surface area (Å²) < 4.78 is 7.11. The summed E-state index contributed by atoms with van der Waals surface area (Å²) in [6, 6.07) is 8.85. The molecule has 0 aliphatic rings. The number of ether oxygens (including phenoxy) is 1. The molecule has 0 radical (unpaired) electrons. The molecule has 0 unspecified atom stereocenters. The summed E-state index contributed by atoms with van der Waals surface area (Å²) in [7, 11) is 0. The monoisotopic (exact) mass is 293 g/mol. The molecular formula is C14H16ClN3O2. The Balaban J connectivity index is 1.71. The molecule has 0 saturated heterocycles. The van der Waals surface area contributed by atoms with Crippen LogP contribution in [-0.2, 0) is 6.54 Å². The zero-order valence-electron chi connectivity index (χ0n) is 11.0. The van der Waals surface area contributed by atoms with Gasteiger partial charge in [-0.1, -0.05) is 11.6 Å². The Bertz CT molecular complexity index is 611. The van der Waals surface area contributed by atoms with Crippen molar-refractivity contribution >= 4 is 17.4 Å². The third kappa shape index (κ3) is 4.28. The Morgan fingerprint density at radius 1 is 1.20 bits per heavy atom. The molecule has 0 aliphatic heterocycles. The Labute approximate surface area is 122 Å². The SMILES string of the molecule is Nc1ccn(CCCCOc2ccc(Cl)cc2)c(=O)n1. The minimum Gasteiger partial charge on any atom is -0.494 e. The summed E-state index contributed by atoms with van der Waals surface area (Å²) in [4.78, 5) is 15.2. The lowest BCUT2D eigenvalue weighted by atomic mass is 10.3. The average Bonchev–Trinajstić information content (AvgIpc) is 2.42. The summed E-state index contributed by atoms with van der Waals surface area (Å²) in [5.74, 6) is 1.04. The molecule has 106 valence electrons. The minimum atomic E-state index is -0.316. The first kappa shape index (κ1) is 14.4. The highest BCUT2D eigenvalue weighted by Gasteiger charge is 1.98. The van der Waals surface area contributed by atoms with Crippen molar-refractivity contribution in [3.8, 4) is 5.75 Å². The van der Waals surface area contributed by atoms with Crippen LogP contribution in [0.15, 0.2) is 41.3 Å². The van der Waals surface area contributed by atoms with Crippen LogP contribution in [0.25, 0.3) is 0 Å². The van der Waals surface area contributed by atoms with Gasteiger partial charge in [0.2, 0.25) is 0 Å². The van der Waals surface area contributed by atoms with Crippen molar-refractivity contribution in [1.29, 1.82) is 0 Å². The summed E-state index contributed by atoms with van der Waals surface area (Å²) in [6.07, 6.45) is 3.34. The number of benzene rings is 1. The molecule has 0 fully saturated rings. The van der Waals surface area contributed by atoms with Gasteiger partial charge in [0.1, 0.15) is 11.6 Å². The highest BCUT2D eigenvalue weighted by Crippen LogP contribution is 2.15. The number of hydrogen-bond acceptors (Lipinski definition) is 4. The Kier molecular flexibility index (Phi) is 5.01. The number of nitrogen functional groups attached to an aromatic ring is 1. The number of aryl methyl sites for hydroxylation is 1. The van der Waals surface area contributed by atoms with Crippen molar-refractivity contribution in [2.24, 2.45) is 0 Å². The molecule has 1 aromatic carbocycles. The van der Waals surface area contributed by atoms with Crippen LogP contribution in [0.2, 0.25) is 5.02 Å². The highest BCUT2D eigenvalue weighted by atomic mass is 35.5. The number of halogens is 1. The van der Waals surface area contributed by atoms with E-state index in [1.165, 1.54) is 0 Å². The molecule has 0 aliphatic carbocycles. The maximum Gasteiger partial charge on any atom is 0.349 e. The van der Waals surface area contributed by atoms with Crippen LogP contribution in [0.3, 0.4) is 0 Å². The van der Waals surface area contributed by atoms with E-state index in [0.29, 0.717) is 18.2 Å². The van der Waals surface area contributed by atoms with Crippen LogP contribution in [0.4, 0.5) is 5.82 Å². The van der Waals surface area contributed by atoms with Gasteiger partial charge in [-0.3, -0.25) is 4.57 Å². The smallest absolute Gasteiger partial charge is 0.349 e. The van der Waals surface area contributed by atoms with Crippen molar-refractivity contribution < 1.29 is 4.74 Å². The van der Waals surface area contributed by atoms with Crippen LogP contribution in [0.5, 0.6) is 5.75 Å². The lowest BCUT2D eigenvalue weighted by Gasteiger charge is -2.07. The van der Waals surface area contributed by atoms with Gasteiger partial charge >= 0.3 is 5.69 Å². The first-order valence-electron chi connectivity index (χ1n) is 6.36. The van der Waals surface area contributed by atoms with Gasteiger partial charge < -0.3 is 10.5 Å². The Hall–Kier alpha value is -2.01. The van der Waals surface area contributed by atoms with Gasteiger partial charge in [-0.15, -0.1) is 0 Å². The van der Waals surface area contributed by atoms with Gasteiger partial charge in [-0.2, -0.15) is 4.98 Å². The Morgan fingerprint density at radius 2 is 1.95 bits per heavy atom. The first-order chi connectivity index (χ1) is 9.65. The standard InChI is InChI=1S/C14H16ClN3O2/c15-11-3-5-12(6-4-11)20-10-2-1-8-18-9-7-13(16)17-14(18)19/h3-7,9H,1-2,8,10H2,(H2,16,17,19). The number of aromatic nitrogens is 2. The van der Waals surface area contributed by atoms with Crippen molar-refractivity contribution in [3.05, 3.63) is 52.0 Å². The molecule has 1 aromatic heterocycles. The average molecular weight is 294 g/mol. The third-order valence-corrected chi connectivity index (χ3v) is 3.02. The number of nitrogens with zero attached hydrogens (tertiary/aromatic N) is 2. The van der Waals surface area contributed by atoms with Gasteiger partial charge in [0, 0.05) is 17.8 Å². The second kappa shape index (κ2) is 6.96. The van der Waals surface area contributed by atoms with E-state index in [2.05, 4.69) is 4.98 Å². The van der Waals surface area contributed by atoms with Crippen molar-refractivity contribution in [3.63, 3.8) is 0 Å². The minimum absolute atomic E-state index is 0.248. The van der Waals surface area contributed by atoms with Crippen molar-refractivity contribution in [1.82, 2.24) is 9.55 Å². The molecule has 20 heavy (non-hydrogen) atoms. The summed E-state index contributed by atoms with van der Waals surface area (Å²) in [5.41, 5.74) is 5.11. The molecule has 5 nitrogen and oxygen atoms in total. The molecule has 1 heterocycles. The molecule has 0 bridgehead atoms. The largest absolute Gasteiger partial charge is 0.494 e. The second-order valence-electron chi connectivity index (χ2n) is 4.34. The third-order valence-electron chi connectivity index (χ3n) is 2.77. The summed E-state index contributed by atoms with van der Waals surface area (Å²) in [6.45, 7) is 1.20. The quantitative estimate of drug-likeness (QED) is 0.830. The second-order valence-corrected chi connectivity index (χ2v) is 4.77. The van der Waals surface area contributed by atoms with Gasteiger partial charge in [0.05, 0.1) is 6.61 Å². The van der Waals surface area contributed by atoms with E-state index in [1.54, 1.807) is 29.0 Å². The van der Waals surface area contributed by atoms with E-state index in [0.717, 1.165) is 18.6 Å². The van der Waals surface area contributed by atoms with Crippen LogP contribution in [0, 0.1) is 0 Å². The van der Waals surface area contributed by atoms with Crippen LogP contribution in [-0.4, -0.2) is 16.2 Å². The molecule has 0 atom stereocenters. The molecule has 2 aromatic rings. The van der Waals surface area contributed by atoms with E-state index >= 15 is 0 Å². The molecule has 6 heteroatoms. The number of unbranched alkanes of at least 4 members (excludes halogenated alkanes) is 1. The first-order valence-corrected chi connectivity index (χ1v) is 6.74. The van der Waals surface area contributed by atoms with Gasteiger partial charge in [0.25, 0.3) is 0 Å². The number of rotatable bonds is 6. The maximum absolute atomic E-state index is 11.5. The molecule has 0 spiro atoms. The topological polar surface area (TPSA) is 70.1 Å². The van der Waals surface area contributed by atoms with E-state index in [1.807, 2.05) is 12.1 Å². The van der Waals surface area contributed by atoms with Crippen molar-refractivity contribution in [2.75, 3.05) is 12.3 Å². The fourth-order valence-electron chi connectivity index (χ4n) is 1.72. The lowest BCUT2D eigenvalue weighted by molar-refractivity contribution is 0.302. The maximum atomic E-state index is 11.5. The van der Waals surface area contributed by atoms with Crippen LogP contribution < -0.4 is 16.2 Å². The zero-order chi connectivity index (χ0) is 14.4. The molecule has 0 saturated carbocycles. The van der Waals surface area contributed by atoms with Crippen LogP contribution >= 0.6 is 11.6 Å². The number of hydrogen-bond donors (Lipinski definition) is 1. The van der Waals surface area contributed by atoms with Gasteiger partial charge in [-0.05, 0) is 43.2 Å². The normalized spacial score (nSPS) is 10.4. The number of nitrogens with two attached hydrogens (primary N) is 1. The van der Waals surface area contributed by atoms with E-state index < -0.39 is 0 Å². The predicted octanol–water partition coefficient (Wildman–Crippen LogP) is 2.34. The zero-order valence-corrected chi connectivity index (χ0v) is 11.7. The summed E-state index contributed by atoms with van der Waals surface area (Å²) >= 11 is 5.79. The van der Waals surface area contributed by atoms with E-state index in [9.17, 15) is 4.79 Å².